The van der Waals surface area contributed by atoms with E-state index in [-0.39, 0.29) is 12.5 Å². The van der Waals surface area contributed by atoms with Crippen LogP contribution in [-0.4, -0.2) is 25.6 Å². The van der Waals surface area contributed by atoms with Crippen LogP contribution in [0.3, 0.4) is 0 Å². The molecule has 0 radical (unpaired) electrons. The lowest BCUT2D eigenvalue weighted by molar-refractivity contribution is -0.123. The van der Waals surface area contributed by atoms with Crippen LogP contribution >= 0.6 is 23.2 Å². The SMILES string of the molecule is N#CNCCNC(=O)COc1ccc(Cl)c(Cl)c1. The summed E-state index contributed by atoms with van der Waals surface area (Å²) in [6.07, 6.45) is 1.75. The van der Waals surface area contributed by atoms with Crippen LogP contribution in [0.2, 0.25) is 10.0 Å². The van der Waals surface area contributed by atoms with Crippen LogP contribution < -0.4 is 15.4 Å². The van der Waals surface area contributed by atoms with E-state index < -0.39 is 0 Å². The molecule has 0 aliphatic carbocycles. The van der Waals surface area contributed by atoms with Crippen LogP contribution in [0, 0.1) is 11.5 Å². The molecule has 1 aromatic rings. The molecule has 0 saturated carbocycles. The number of halogens is 2. The summed E-state index contributed by atoms with van der Waals surface area (Å²) in [6.45, 7) is 0.622. The topological polar surface area (TPSA) is 74.2 Å². The molecule has 2 N–H and O–H groups in total. The molecule has 18 heavy (non-hydrogen) atoms. The molecule has 0 aliphatic rings. The number of nitrogens with zero attached hydrogens (tertiary/aromatic N) is 1. The molecular weight excluding hydrogens is 277 g/mol. The Morgan fingerprint density at radius 1 is 1.33 bits per heavy atom. The predicted octanol–water partition coefficient (Wildman–Crippen LogP) is 1.56. The Balaban J connectivity index is 2.29. The zero-order chi connectivity index (χ0) is 13.4. The first-order valence-electron chi connectivity index (χ1n) is 5.10. The number of nitriles is 1. The summed E-state index contributed by atoms with van der Waals surface area (Å²) in [5.41, 5.74) is 0. The van der Waals surface area contributed by atoms with Crippen LogP contribution in [0.15, 0.2) is 18.2 Å². The second-order valence-corrected chi connectivity index (χ2v) is 4.07. The summed E-state index contributed by atoms with van der Waals surface area (Å²) in [5, 5.41) is 14.0. The van der Waals surface area contributed by atoms with Gasteiger partial charge in [-0.1, -0.05) is 23.2 Å². The van der Waals surface area contributed by atoms with Gasteiger partial charge in [0.15, 0.2) is 12.8 Å². The molecular formula is C11H11Cl2N3O2. The fourth-order valence-electron chi connectivity index (χ4n) is 1.09. The van der Waals surface area contributed by atoms with Crippen LogP contribution in [0.5, 0.6) is 5.75 Å². The molecule has 0 bridgehead atoms. The third kappa shape index (κ3) is 5.13. The Morgan fingerprint density at radius 3 is 2.78 bits per heavy atom. The predicted molar refractivity (Wildman–Crippen MR) is 68.6 cm³/mol. The monoisotopic (exact) mass is 287 g/mol. The van der Waals surface area contributed by atoms with Gasteiger partial charge in [-0.3, -0.25) is 4.79 Å². The first-order valence-corrected chi connectivity index (χ1v) is 5.85. The average molecular weight is 288 g/mol. The van der Waals surface area contributed by atoms with Crippen molar-refractivity contribution in [3.05, 3.63) is 28.2 Å². The largest absolute Gasteiger partial charge is 0.484 e. The molecule has 96 valence electrons. The van der Waals surface area contributed by atoms with E-state index in [1.807, 2.05) is 0 Å². The standard InChI is InChI=1S/C11H11Cl2N3O2/c12-9-2-1-8(5-10(9)13)18-6-11(17)16-4-3-15-7-14/h1-2,5,15H,3-4,6H2,(H,16,17). The number of rotatable bonds is 6. The average Bonchev–Trinajstić information content (AvgIpc) is 2.36. The highest BCUT2D eigenvalue weighted by atomic mass is 35.5. The minimum Gasteiger partial charge on any atom is -0.484 e. The quantitative estimate of drug-likeness (QED) is 0.473. The second-order valence-electron chi connectivity index (χ2n) is 3.25. The van der Waals surface area contributed by atoms with Gasteiger partial charge in [0.05, 0.1) is 10.0 Å². The molecule has 1 aromatic carbocycles. The van der Waals surface area contributed by atoms with Gasteiger partial charge in [-0.15, -0.1) is 0 Å². The second kappa shape index (κ2) is 7.64. The van der Waals surface area contributed by atoms with E-state index in [0.717, 1.165) is 0 Å². The Morgan fingerprint density at radius 2 is 2.11 bits per heavy atom. The third-order valence-electron chi connectivity index (χ3n) is 1.91. The van der Waals surface area contributed by atoms with Gasteiger partial charge in [0.25, 0.3) is 5.91 Å². The number of benzene rings is 1. The number of hydrogen-bond acceptors (Lipinski definition) is 4. The van der Waals surface area contributed by atoms with Crippen molar-refractivity contribution in [2.24, 2.45) is 0 Å². The number of ether oxygens (including phenoxy) is 1. The number of nitrogens with one attached hydrogen (secondary N) is 2. The summed E-state index contributed by atoms with van der Waals surface area (Å²) in [5.74, 6) is 0.190. The van der Waals surface area contributed by atoms with E-state index in [4.69, 9.17) is 33.2 Å². The van der Waals surface area contributed by atoms with Crippen molar-refractivity contribution in [3.8, 4) is 11.9 Å². The molecule has 1 rings (SSSR count). The van der Waals surface area contributed by atoms with Gasteiger partial charge in [0, 0.05) is 19.2 Å². The molecule has 0 unspecified atom stereocenters. The summed E-state index contributed by atoms with van der Waals surface area (Å²) in [6, 6.07) is 4.75. The van der Waals surface area contributed by atoms with Gasteiger partial charge in [-0.25, -0.2) is 0 Å². The van der Waals surface area contributed by atoms with E-state index in [9.17, 15) is 4.79 Å². The van der Waals surface area contributed by atoms with Gasteiger partial charge in [-0.05, 0) is 12.1 Å². The summed E-state index contributed by atoms with van der Waals surface area (Å²) in [4.78, 5) is 11.3. The first-order chi connectivity index (χ1) is 8.63. The van der Waals surface area contributed by atoms with E-state index in [0.29, 0.717) is 28.9 Å². The van der Waals surface area contributed by atoms with Gasteiger partial charge in [0.2, 0.25) is 0 Å². The summed E-state index contributed by atoms with van der Waals surface area (Å²) < 4.78 is 5.22. The van der Waals surface area contributed by atoms with Crippen LogP contribution in [0.1, 0.15) is 0 Å². The zero-order valence-corrected chi connectivity index (χ0v) is 10.9. The normalized spacial score (nSPS) is 9.39. The van der Waals surface area contributed by atoms with Crippen LogP contribution in [0.25, 0.3) is 0 Å². The molecule has 5 nitrogen and oxygen atoms in total. The van der Waals surface area contributed by atoms with E-state index in [1.165, 1.54) is 6.07 Å². The maximum atomic E-state index is 11.3. The molecule has 0 atom stereocenters. The zero-order valence-electron chi connectivity index (χ0n) is 9.37. The fourth-order valence-corrected chi connectivity index (χ4v) is 1.37. The Kier molecular flexibility index (Phi) is 6.12. The van der Waals surface area contributed by atoms with Crippen molar-refractivity contribution in [1.29, 1.82) is 5.26 Å². The smallest absolute Gasteiger partial charge is 0.258 e. The highest BCUT2D eigenvalue weighted by Crippen LogP contribution is 2.26. The Labute approximate surface area is 115 Å². The van der Waals surface area contributed by atoms with Crippen LogP contribution in [-0.2, 0) is 4.79 Å². The first kappa shape index (κ1) is 14.4. The molecule has 0 aromatic heterocycles. The van der Waals surface area contributed by atoms with E-state index in [1.54, 1.807) is 18.3 Å². The maximum absolute atomic E-state index is 11.3. The van der Waals surface area contributed by atoms with Crippen molar-refractivity contribution in [2.45, 2.75) is 0 Å². The van der Waals surface area contributed by atoms with Gasteiger partial charge < -0.3 is 15.4 Å². The number of carbonyl (C=O) groups excluding carboxylic acids is 1. The lowest BCUT2D eigenvalue weighted by atomic mass is 10.3. The van der Waals surface area contributed by atoms with Crippen molar-refractivity contribution in [1.82, 2.24) is 10.6 Å². The molecule has 0 spiro atoms. The van der Waals surface area contributed by atoms with Crippen molar-refractivity contribution in [2.75, 3.05) is 19.7 Å². The molecule has 0 fully saturated rings. The molecule has 0 heterocycles. The molecule has 1 amide bonds. The highest BCUT2D eigenvalue weighted by Gasteiger charge is 2.04. The van der Waals surface area contributed by atoms with Gasteiger partial charge in [0.1, 0.15) is 5.75 Å². The Hall–Kier alpha value is -1.64. The molecule has 7 heteroatoms. The summed E-state index contributed by atoms with van der Waals surface area (Å²) >= 11 is 11.5. The maximum Gasteiger partial charge on any atom is 0.258 e. The van der Waals surface area contributed by atoms with Crippen molar-refractivity contribution >= 4 is 29.1 Å². The van der Waals surface area contributed by atoms with E-state index in [2.05, 4.69) is 10.6 Å². The van der Waals surface area contributed by atoms with Gasteiger partial charge in [-0.2, -0.15) is 5.26 Å². The summed E-state index contributed by atoms with van der Waals surface area (Å²) in [7, 11) is 0. The third-order valence-corrected chi connectivity index (χ3v) is 2.65. The number of hydrogen-bond donors (Lipinski definition) is 2. The van der Waals surface area contributed by atoms with Gasteiger partial charge >= 0.3 is 0 Å². The Bertz CT molecular complexity index is 460. The van der Waals surface area contributed by atoms with Crippen molar-refractivity contribution in [3.63, 3.8) is 0 Å². The lowest BCUT2D eigenvalue weighted by Gasteiger charge is -2.07. The molecule has 0 saturated heterocycles. The minimum absolute atomic E-state index is 0.121. The molecule has 0 aliphatic heterocycles. The van der Waals surface area contributed by atoms with E-state index >= 15 is 0 Å². The highest BCUT2D eigenvalue weighted by molar-refractivity contribution is 6.42. The number of amides is 1. The minimum atomic E-state index is -0.277. The lowest BCUT2D eigenvalue weighted by Crippen LogP contribution is -2.33. The number of carbonyl (C=O) groups is 1. The van der Waals surface area contributed by atoms with Crippen LogP contribution in [0.4, 0.5) is 0 Å². The van der Waals surface area contributed by atoms with Crippen molar-refractivity contribution < 1.29 is 9.53 Å². The fraction of sp³-hybridized carbons (Fsp3) is 0.273.